The Balaban J connectivity index is 1.89. The molecule has 3 rings (SSSR count). The summed E-state index contributed by atoms with van der Waals surface area (Å²) in [6.45, 7) is 1.98. The lowest BCUT2D eigenvalue weighted by molar-refractivity contribution is 0.620. The number of rotatable bonds is 2. The normalized spacial score (nSPS) is 17.1. The van der Waals surface area contributed by atoms with Gasteiger partial charge in [-0.15, -0.1) is 0 Å². The molecule has 1 unspecified atom stereocenters. The summed E-state index contributed by atoms with van der Waals surface area (Å²) in [6, 6.07) is 9.57. The van der Waals surface area contributed by atoms with Gasteiger partial charge >= 0.3 is 0 Å². The molecule has 4 heteroatoms. The van der Waals surface area contributed by atoms with Crippen molar-refractivity contribution in [3.63, 3.8) is 0 Å². The molecule has 1 aliphatic rings. The van der Waals surface area contributed by atoms with Crippen molar-refractivity contribution >= 4 is 33.2 Å². The van der Waals surface area contributed by atoms with E-state index in [0.29, 0.717) is 4.47 Å². The van der Waals surface area contributed by atoms with Gasteiger partial charge in [-0.3, -0.25) is 0 Å². The minimum Gasteiger partial charge on any atom is -0.378 e. The first-order valence-corrected chi connectivity index (χ1v) is 7.72. The fourth-order valence-corrected chi connectivity index (χ4v) is 3.38. The molecule has 20 heavy (non-hydrogen) atoms. The van der Waals surface area contributed by atoms with E-state index in [2.05, 4.69) is 27.3 Å². The Labute approximate surface area is 131 Å². The number of nitrogens with one attached hydrogen (secondary N) is 1. The standard InChI is InChI=1S/C16H14BrClFN/c1-9-6-13(17)14(19)8-16(9)20-15-5-2-10-7-11(18)3-4-12(10)15/h3-4,6-8,15,20H,2,5H2,1H3. The van der Waals surface area contributed by atoms with Gasteiger partial charge in [0.2, 0.25) is 0 Å². The molecule has 0 spiro atoms. The second-order valence-corrected chi connectivity index (χ2v) is 6.45. The van der Waals surface area contributed by atoms with Crippen LogP contribution in [0.25, 0.3) is 0 Å². The van der Waals surface area contributed by atoms with Gasteiger partial charge in [-0.1, -0.05) is 17.7 Å². The highest BCUT2D eigenvalue weighted by Crippen LogP contribution is 2.36. The molecule has 1 aliphatic carbocycles. The van der Waals surface area contributed by atoms with Gasteiger partial charge in [0, 0.05) is 10.7 Å². The Morgan fingerprint density at radius 2 is 2.10 bits per heavy atom. The smallest absolute Gasteiger partial charge is 0.139 e. The van der Waals surface area contributed by atoms with Gasteiger partial charge in [0.25, 0.3) is 0 Å². The summed E-state index contributed by atoms with van der Waals surface area (Å²) >= 11 is 9.23. The van der Waals surface area contributed by atoms with E-state index in [1.54, 1.807) is 12.1 Å². The molecule has 0 amide bonds. The van der Waals surface area contributed by atoms with Crippen LogP contribution in [0.1, 0.15) is 29.2 Å². The number of aryl methyl sites for hydroxylation is 2. The van der Waals surface area contributed by atoms with Crippen molar-refractivity contribution in [1.29, 1.82) is 0 Å². The van der Waals surface area contributed by atoms with Crippen LogP contribution in [-0.4, -0.2) is 0 Å². The van der Waals surface area contributed by atoms with Gasteiger partial charge in [0.05, 0.1) is 10.5 Å². The second kappa shape index (κ2) is 5.38. The topological polar surface area (TPSA) is 12.0 Å². The van der Waals surface area contributed by atoms with Crippen LogP contribution < -0.4 is 5.32 Å². The molecule has 0 aliphatic heterocycles. The van der Waals surface area contributed by atoms with E-state index in [9.17, 15) is 4.39 Å². The molecule has 1 N–H and O–H groups in total. The molecule has 0 saturated carbocycles. The second-order valence-electron chi connectivity index (χ2n) is 5.16. The van der Waals surface area contributed by atoms with Crippen LogP contribution >= 0.6 is 27.5 Å². The number of hydrogen-bond donors (Lipinski definition) is 1. The van der Waals surface area contributed by atoms with Crippen molar-refractivity contribution in [3.05, 3.63) is 62.3 Å². The molecule has 0 fully saturated rings. The Hall–Kier alpha value is -1.06. The number of hydrogen-bond acceptors (Lipinski definition) is 1. The molecule has 1 atom stereocenters. The fourth-order valence-electron chi connectivity index (χ4n) is 2.73. The van der Waals surface area contributed by atoms with Crippen LogP contribution in [-0.2, 0) is 6.42 Å². The fraction of sp³-hybridized carbons (Fsp3) is 0.250. The number of benzene rings is 2. The van der Waals surface area contributed by atoms with Crippen molar-refractivity contribution in [2.24, 2.45) is 0 Å². The molecule has 1 nitrogen and oxygen atoms in total. The molecule has 0 bridgehead atoms. The van der Waals surface area contributed by atoms with Crippen LogP contribution in [0.4, 0.5) is 10.1 Å². The number of fused-ring (bicyclic) bond motifs is 1. The molecular formula is C16H14BrClFN. The third-order valence-corrected chi connectivity index (χ3v) is 4.62. The molecule has 0 radical (unpaired) electrons. The minimum atomic E-state index is -0.243. The highest BCUT2D eigenvalue weighted by atomic mass is 79.9. The Morgan fingerprint density at radius 3 is 2.90 bits per heavy atom. The van der Waals surface area contributed by atoms with Gasteiger partial charge < -0.3 is 5.32 Å². The summed E-state index contributed by atoms with van der Waals surface area (Å²) in [5, 5.41) is 4.22. The van der Waals surface area contributed by atoms with Crippen LogP contribution in [0, 0.1) is 12.7 Å². The van der Waals surface area contributed by atoms with E-state index in [0.717, 1.165) is 29.1 Å². The summed E-state index contributed by atoms with van der Waals surface area (Å²) in [5.74, 6) is -0.243. The quantitative estimate of drug-likeness (QED) is 0.735. The number of anilines is 1. The molecule has 104 valence electrons. The summed E-state index contributed by atoms with van der Waals surface area (Å²) in [4.78, 5) is 0. The first-order chi connectivity index (χ1) is 9.54. The SMILES string of the molecule is Cc1cc(Br)c(F)cc1NC1CCc2cc(Cl)ccc21. The highest BCUT2D eigenvalue weighted by molar-refractivity contribution is 9.10. The molecule has 0 heterocycles. The first kappa shape index (κ1) is 13.9. The molecule has 2 aromatic rings. The third kappa shape index (κ3) is 2.57. The van der Waals surface area contributed by atoms with Gasteiger partial charge in [-0.05, 0) is 76.7 Å². The Morgan fingerprint density at radius 1 is 1.30 bits per heavy atom. The maximum Gasteiger partial charge on any atom is 0.139 e. The van der Waals surface area contributed by atoms with E-state index in [1.807, 2.05) is 19.1 Å². The van der Waals surface area contributed by atoms with Crippen molar-refractivity contribution in [3.8, 4) is 0 Å². The van der Waals surface area contributed by atoms with Crippen LogP contribution in [0.5, 0.6) is 0 Å². The third-order valence-electron chi connectivity index (χ3n) is 3.78. The number of halogens is 3. The van der Waals surface area contributed by atoms with E-state index in [1.165, 1.54) is 11.1 Å². The minimum absolute atomic E-state index is 0.224. The van der Waals surface area contributed by atoms with Crippen molar-refractivity contribution in [2.75, 3.05) is 5.32 Å². The van der Waals surface area contributed by atoms with Crippen LogP contribution in [0.2, 0.25) is 5.02 Å². The van der Waals surface area contributed by atoms with Crippen molar-refractivity contribution in [2.45, 2.75) is 25.8 Å². The lowest BCUT2D eigenvalue weighted by Gasteiger charge is -2.18. The van der Waals surface area contributed by atoms with Gasteiger partial charge in [-0.2, -0.15) is 0 Å². The molecule has 0 aromatic heterocycles. The zero-order valence-electron chi connectivity index (χ0n) is 11.0. The average molecular weight is 355 g/mol. The van der Waals surface area contributed by atoms with E-state index >= 15 is 0 Å². The largest absolute Gasteiger partial charge is 0.378 e. The van der Waals surface area contributed by atoms with Crippen molar-refractivity contribution < 1.29 is 4.39 Å². The Kier molecular flexibility index (Phi) is 3.74. The predicted octanol–water partition coefficient (Wildman–Crippen LogP) is 5.65. The van der Waals surface area contributed by atoms with Crippen LogP contribution in [0.3, 0.4) is 0 Å². The van der Waals surface area contributed by atoms with Crippen LogP contribution in [0.15, 0.2) is 34.8 Å². The first-order valence-electron chi connectivity index (χ1n) is 6.55. The summed E-state index contributed by atoms with van der Waals surface area (Å²) in [7, 11) is 0. The van der Waals surface area contributed by atoms with Gasteiger partial charge in [0.1, 0.15) is 5.82 Å². The van der Waals surface area contributed by atoms with Gasteiger partial charge in [-0.25, -0.2) is 4.39 Å². The highest BCUT2D eigenvalue weighted by Gasteiger charge is 2.23. The molecule has 2 aromatic carbocycles. The van der Waals surface area contributed by atoms with Gasteiger partial charge in [0.15, 0.2) is 0 Å². The Bertz CT molecular complexity index is 672. The summed E-state index contributed by atoms with van der Waals surface area (Å²) < 4.78 is 14.2. The monoisotopic (exact) mass is 353 g/mol. The molecular weight excluding hydrogens is 341 g/mol. The lowest BCUT2D eigenvalue weighted by atomic mass is 10.1. The predicted molar refractivity (Wildman–Crippen MR) is 85.0 cm³/mol. The van der Waals surface area contributed by atoms with E-state index in [4.69, 9.17) is 11.6 Å². The summed E-state index contributed by atoms with van der Waals surface area (Å²) in [6.07, 6.45) is 2.01. The maximum atomic E-state index is 13.7. The van der Waals surface area contributed by atoms with Crippen molar-refractivity contribution in [1.82, 2.24) is 0 Å². The zero-order valence-corrected chi connectivity index (χ0v) is 13.4. The summed E-state index contributed by atoms with van der Waals surface area (Å²) in [5.41, 5.74) is 4.42. The molecule has 0 saturated heterocycles. The lowest BCUT2D eigenvalue weighted by Crippen LogP contribution is -2.08. The maximum absolute atomic E-state index is 13.7. The average Bonchev–Trinajstić information content (AvgIpc) is 2.78. The zero-order chi connectivity index (χ0) is 14.3. The van der Waals surface area contributed by atoms with E-state index < -0.39 is 0 Å². The van der Waals surface area contributed by atoms with E-state index in [-0.39, 0.29) is 11.9 Å².